The molecule has 144 valence electrons. The number of aliphatic carboxylic acids is 1. The van der Waals surface area contributed by atoms with Gasteiger partial charge in [-0.2, -0.15) is 0 Å². The van der Waals surface area contributed by atoms with Crippen LogP contribution >= 0.6 is 23.5 Å². The van der Waals surface area contributed by atoms with E-state index in [2.05, 4.69) is 14.9 Å². The maximum absolute atomic E-state index is 12.4. The minimum Gasteiger partial charge on any atom is -0.477 e. The van der Waals surface area contributed by atoms with Crippen molar-refractivity contribution in [2.75, 3.05) is 18.0 Å². The number of aliphatic hydroxyl groups is 1. The number of amides is 1. The highest BCUT2D eigenvalue weighted by atomic mass is 32.2. The standard InChI is InChI=1S/C17H20N4O4S2/c1-2-10(22)11-13(23)21-12(15(24)25)16(27-14(11)21)26-9-4-7-20(8-9)17-18-5-3-6-19-17/h3,5-6,9-11,14,22H,2,4,7-8H2,1H3,(H,24,25)/t9?,10-,11+,14+/m0/s1. The van der Waals surface area contributed by atoms with Crippen molar-refractivity contribution >= 4 is 41.3 Å². The van der Waals surface area contributed by atoms with Gasteiger partial charge >= 0.3 is 5.97 Å². The van der Waals surface area contributed by atoms with E-state index in [9.17, 15) is 19.8 Å². The van der Waals surface area contributed by atoms with E-state index in [1.165, 1.54) is 28.4 Å². The molecule has 4 heterocycles. The largest absolute Gasteiger partial charge is 0.477 e. The monoisotopic (exact) mass is 408 g/mol. The number of aromatic nitrogens is 2. The Labute approximate surface area is 165 Å². The topological polar surface area (TPSA) is 107 Å². The zero-order valence-electron chi connectivity index (χ0n) is 14.7. The second kappa shape index (κ2) is 7.33. The van der Waals surface area contributed by atoms with Gasteiger partial charge in [0, 0.05) is 30.7 Å². The lowest BCUT2D eigenvalue weighted by atomic mass is 9.90. The lowest BCUT2D eigenvalue weighted by Gasteiger charge is -2.44. The molecule has 2 N–H and O–H groups in total. The molecule has 8 nitrogen and oxygen atoms in total. The first-order valence-electron chi connectivity index (χ1n) is 8.85. The quantitative estimate of drug-likeness (QED) is 0.674. The molecule has 2 fully saturated rings. The van der Waals surface area contributed by atoms with Gasteiger partial charge in [-0.05, 0) is 18.9 Å². The van der Waals surface area contributed by atoms with E-state index in [0.29, 0.717) is 16.6 Å². The fourth-order valence-electron chi connectivity index (χ4n) is 3.61. The van der Waals surface area contributed by atoms with Gasteiger partial charge in [0.1, 0.15) is 5.37 Å². The van der Waals surface area contributed by atoms with Gasteiger partial charge in [0.25, 0.3) is 0 Å². The van der Waals surface area contributed by atoms with Crippen LogP contribution in [0.15, 0.2) is 28.4 Å². The fourth-order valence-corrected chi connectivity index (χ4v) is 6.89. The van der Waals surface area contributed by atoms with Crippen molar-refractivity contribution in [2.45, 2.75) is 36.5 Å². The van der Waals surface area contributed by atoms with Crippen molar-refractivity contribution in [3.8, 4) is 0 Å². The third-order valence-corrected chi connectivity index (χ3v) is 7.89. The molecule has 0 aliphatic carbocycles. The normalized spacial score (nSPS) is 28.4. The molecule has 0 bridgehead atoms. The molecule has 0 radical (unpaired) electrons. The summed E-state index contributed by atoms with van der Waals surface area (Å²) < 4.78 is 0.660. The molecule has 10 heteroatoms. The summed E-state index contributed by atoms with van der Waals surface area (Å²) in [4.78, 5) is 36.1. The Morgan fingerprint density at radius 1 is 1.44 bits per heavy atom. The van der Waals surface area contributed by atoms with Crippen molar-refractivity contribution in [2.24, 2.45) is 5.92 Å². The van der Waals surface area contributed by atoms with E-state index in [1.54, 1.807) is 18.5 Å². The van der Waals surface area contributed by atoms with Crippen LogP contribution in [0.5, 0.6) is 0 Å². The Balaban J connectivity index is 1.47. The predicted octanol–water partition coefficient (Wildman–Crippen LogP) is 1.34. The lowest BCUT2D eigenvalue weighted by molar-refractivity contribution is -0.157. The molecule has 27 heavy (non-hydrogen) atoms. The van der Waals surface area contributed by atoms with Crippen molar-refractivity contribution in [3.05, 3.63) is 28.4 Å². The Bertz CT molecular complexity index is 790. The molecule has 1 aromatic heterocycles. The molecule has 4 atom stereocenters. The van der Waals surface area contributed by atoms with Gasteiger partial charge in [-0.3, -0.25) is 9.69 Å². The number of fused-ring (bicyclic) bond motifs is 1. The molecule has 1 unspecified atom stereocenters. The van der Waals surface area contributed by atoms with Crippen LogP contribution in [0.1, 0.15) is 19.8 Å². The van der Waals surface area contributed by atoms with Crippen LogP contribution < -0.4 is 4.90 Å². The van der Waals surface area contributed by atoms with Crippen molar-refractivity contribution in [3.63, 3.8) is 0 Å². The first kappa shape index (κ1) is 18.6. The summed E-state index contributed by atoms with van der Waals surface area (Å²) in [7, 11) is 0. The second-order valence-electron chi connectivity index (χ2n) is 6.68. The van der Waals surface area contributed by atoms with Crippen molar-refractivity contribution in [1.29, 1.82) is 0 Å². The number of β-lactam (4-membered cyclic amide) rings is 1. The number of aliphatic hydroxyl groups excluding tert-OH is 1. The first-order chi connectivity index (χ1) is 13.0. The summed E-state index contributed by atoms with van der Waals surface area (Å²) in [6.45, 7) is 3.36. The number of hydrogen-bond donors (Lipinski definition) is 2. The van der Waals surface area contributed by atoms with Gasteiger partial charge in [-0.1, -0.05) is 18.7 Å². The number of anilines is 1. The summed E-state index contributed by atoms with van der Waals surface area (Å²) in [5.74, 6) is -1.23. The summed E-state index contributed by atoms with van der Waals surface area (Å²) in [6.07, 6.45) is 4.04. The van der Waals surface area contributed by atoms with Gasteiger partial charge in [0.2, 0.25) is 11.9 Å². The van der Waals surface area contributed by atoms with Gasteiger partial charge < -0.3 is 15.1 Å². The number of nitrogens with zero attached hydrogens (tertiary/aromatic N) is 4. The third-order valence-electron chi connectivity index (χ3n) is 5.04. The van der Waals surface area contributed by atoms with Gasteiger partial charge in [0.05, 0.1) is 16.3 Å². The fraction of sp³-hybridized carbons (Fsp3) is 0.529. The summed E-state index contributed by atoms with van der Waals surface area (Å²) in [5.41, 5.74) is 0.0639. The molecular formula is C17H20N4O4S2. The average Bonchev–Trinajstić information content (AvgIpc) is 3.25. The summed E-state index contributed by atoms with van der Waals surface area (Å²) in [6, 6.07) is 1.77. The smallest absolute Gasteiger partial charge is 0.354 e. The maximum Gasteiger partial charge on any atom is 0.354 e. The number of carbonyl (C=O) groups is 2. The number of carboxylic acid groups (broad SMARTS) is 1. The minimum atomic E-state index is -1.09. The first-order valence-corrected chi connectivity index (χ1v) is 10.6. The number of carbonyl (C=O) groups excluding carboxylic acids is 1. The van der Waals surface area contributed by atoms with E-state index in [0.717, 1.165) is 19.5 Å². The van der Waals surface area contributed by atoms with E-state index in [1.807, 2.05) is 6.92 Å². The predicted molar refractivity (Wildman–Crippen MR) is 103 cm³/mol. The van der Waals surface area contributed by atoms with Crippen LogP contribution in [0.25, 0.3) is 0 Å². The van der Waals surface area contributed by atoms with E-state index in [4.69, 9.17) is 0 Å². The molecule has 0 saturated carbocycles. The highest BCUT2D eigenvalue weighted by Gasteiger charge is 2.58. The van der Waals surface area contributed by atoms with E-state index < -0.39 is 18.0 Å². The van der Waals surface area contributed by atoms with Gasteiger partial charge in [-0.25, -0.2) is 14.8 Å². The van der Waals surface area contributed by atoms with Crippen LogP contribution in [-0.4, -0.2) is 66.8 Å². The third kappa shape index (κ3) is 3.19. The molecule has 3 aliphatic heterocycles. The Kier molecular flexibility index (Phi) is 5.04. The molecular weight excluding hydrogens is 388 g/mol. The number of rotatable bonds is 6. The molecule has 1 aromatic rings. The van der Waals surface area contributed by atoms with Crippen LogP contribution in [0.2, 0.25) is 0 Å². The van der Waals surface area contributed by atoms with Crippen LogP contribution in [0.4, 0.5) is 5.95 Å². The summed E-state index contributed by atoms with van der Waals surface area (Å²) >= 11 is 2.90. The summed E-state index contributed by atoms with van der Waals surface area (Å²) in [5, 5.41) is 19.6. The number of thioether (sulfide) groups is 2. The van der Waals surface area contributed by atoms with Crippen molar-refractivity contribution < 1.29 is 19.8 Å². The zero-order valence-corrected chi connectivity index (χ0v) is 16.3. The number of carboxylic acids is 1. The molecule has 1 amide bonds. The Morgan fingerprint density at radius 3 is 2.85 bits per heavy atom. The maximum atomic E-state index is 12.4. The van der Waals surface area contributed by atoms with Crippen LogP contribution in [0, 0.1) is 5.92 Å². The SMILES string of the molecule is CC[C@H](O)[C@@H]1C(=O)N2C(C(=O)O)=C(SC3CCN(c4ncccn4)C3)S[C@H]12. The van der Waals surface area contributed by atoms with E-state index in [-0.39, 0.29) is 22.2 Å². The molecule has 2 saturated heterocycles. The van der Waals surface area contributed by atoms with Gasteiger partial charge in [-0.15, -0.1) is 11.8 Å². The highest BCUT2D eigenvalue weighted by Crippen LogP contribution is 2.55. The van der Waals surface area contributed by atoms with Crippen molar-refractivity contribution in [1.82, 2.24) is 14.9 Å². The van der Waals surface area contributed by atoms with E-state index >= 15 is 0 Å². The highest BCUT2D eigenvalue weighted by molar-refractivity contribution is 8.23. The minimum absolute atomic E-state index is 0.0639. The number of hydrogen-bond acceptors (Lipinski definition) is 8. The molecule has 0 aromatic carbocycles. The molecule has 0 spiro atoms. The van der Waals surface area contributed by atoms with Crippen LogP contribution in [-0.2, 0) is 9.59 Å². The Morgan fingerprint density at radius 2 is 2.19 bits per heavy atom. The molecule has 3 aliphatic rings. The zero-order chi connectivity index (χ0) is 19.1. The molecule has 4 rings (SSSR count). The van der Waals surface area contributed by atoms with Crippen LogP contribution in [0.3, 0.4) is 0 Å². The Hall–Kier alpha value is -1.78. The van der Waals surface area contributed by atoms with Gasteiger partial charge in [0.15, 0.2) is 5.70 Å². The second-order valence-corrected chi connectivity index (χ2v) is 9.38. The lowest BCUT2D eigenvalue weighted by Crippen LogP contribution is -2.61. The average molecular weight is 409 g/mol.